The molecule has 98 valence electrons. The third kappa shape index (κ3) is 4.21. The molecule has 0 aliphatic carbocycles. The van der Waals surface area contributed by atoms with Crippen molar-refractivity contribution in [3.8, 4) is 0 Å². The van der Waals surface area contributed by atoms with E-state index >= 15 is 0 Å². The van der Waals surface area contributed by atoms with E-state index in [1.54, 1.807) is 6.26 Å². The van der Waals surface area contributed by atoms with Gasteiger partial charge in [-0.05, 0) is 24.1 Å². The summed E-state index contributed by atoms with van der Waals surface area (Å²) in [4.78, 5) is 0. The van der Waals surface area contributed by atoms with Gasteiger partial charge in [0.15, 0.2) is 0 Å². The van der Waals surface area contributed by atoms with Gasteiger partial charge in [0.05, 0.1) is 12.8 Å². The molecule has 1 heterocycles. The molecule has 0 aliphatic heterocycles. The number of hydrogen-bond acceptors (Lipinski definition) is 2. The summed E-state index contributed by atoms with van der Waals surface area (Å²) < 4.78 is 5.34. The predicted octanol–water partition coefficient (Wildman–Crippen LogP) is 4.33. The first-order valence-electron chi connectivity index (χ1n) is 6.21. The van der Waals surface area contributed by atoms with Crippen LogP contribution in [0, 0.1) is 0 Å². The van der Waals surface area contributed by atoms with Gasteiger partial charge in [-0.3, -0.25) is 0 Å². The SMILES string of the molecule is CCCC(NCc1ccco1)c1ccccc1.Cl. The van der Waals surface area contributed by atoms with Crippen LogP contribution >= 0.6 is 12.4 Å². The second-order valence-corrected chi connectivity index (χ2v) is 4.21. The van der Waals surface area contributed by atoms with Crippen LogP contribution in [0.4, 0.5) is 0 Å². The van der Waals surface area contributed by atoms with Crippen LogP contribution in [0.2, 0.25) is 0 Å². The van der Waals surface area contributed by atoms with Crippen molar-refractivity contribution >= 4 is 12.4 Å². The van der Waals surface area contributed by atoms with Gasteiger partial charge in [0.1, 0.15) is 5.76 Å². The van der Waals surface area contributed by atoms with E-state index in [1.807, 2.05) is 12.1 Å². The molecule has 0 amide bonds. The maximum absolute atomic E-state index is 5.34. The minimum absolute atomic E-state index is 0. The molecule has 1 aromatic carbocycles. The average molecular weight is 266 g/mol. The van der Waals surface area contributed by atoms with Gasteiger partial charge in [-0.25, -0.2) is 0 Å². The fraction of sp³-hybridized carbons (Fsp3) is 0.333. The first-order valence-corrected chi connectivity index (χ1v) is 6.21. The van der Waals surface area contributed by atoms with Gasteiger partial charge in [-0.1, -0.05) is 43.7 Å². The van der Waals surface area contributed by atoms with E-state index in [4.69, 9.17) is 4.42 Å². The molecule has 1 atom stereocenters. The Morgan fingerprint density at radius 2 is 1.89 bits per heavy atom. The first kappa shape index (κ1) is 14.8. The van der Waals surface area contributed by atoms with Gasteiger partial charge < -0.3 is 9.73 Å². The maximum Gasteiger partial charge on any atom is 0.117 e. The Balaban J connectivity index is 0.00000162. The van der Waals surface area contributed by atoms with E-state index in [-0.39, 0.29) is 12.4 Å². The number of benzene rings is 1. The Hall–Kier alpha value is -1.25. The van der Waals surface area contributed by atoms with E-state index in [0.717, 1.165) is 18.7 Å². The lowest BCUT2D eigenvalue weighted by molar-refractivity contribution is 0.434. The topological polar surface area (TPSA) is 25.2 Å². The lowest BCUT2D eigenvalue weighted by Crippen LogP contribution is -2.20. The molecule has 0 aliphatic rings. The second-order valence-electron chi connectivity index (χ2n) is 4.21. The molecule has 0 radical (unpaired) electrons. The highest BCUT2D eigenvalue weighted by molar-refractivity contribution is 5.85. The van der Waals surface area contributed by atoms with Crippen molar-refractivity contribution in [2.75, 3.05) is 0 Å². The average Bonchev–Trinajstić information content (AvgIpc) is 2.88. The Bertz CT molecular complexity index is 413. The summed E-state index contributed by atoms with van der Waals surface area (Å²) in [6, 6.07) is 14.9. The van der Waals surface area contributed by atoms with Crippen LogP contribution in [0.15, 0.2) is 53.1 Å². The fourth-order valence-corrected chi connectivity index (χ4v) is 2.00. The molecule has 0 saturated carbocycles. The number of rotatable bonds is 6. The van der Waals surface area contributed by atoms with Crippen LogP contribution in [-0.2, 0) is 6.54 Å². The van der Waals surface area contributed by atoms with Gasteiger partial charge >= 0.3 is 0 Å². The highest BCUT2D eigenvalue weighted by Gasteiger charge is 2.09. The van der Waals surface area contributed by atoms with Crippen molar-refractivity contribution in [3.05, 3.63) is 60.1 Å². The minimum Gasteiger partial charge on any atom is -0.468 e. The van der Waals surface area contributed by atoms with Gasteiger partial charge in [0.2, 0.25) is 0 Å². The van der Waals surface area contributed by atoms with Crippen molar-refractivity contribution in [1.29, 1.82) is 0 Å². The maximum atomic E-state index is 5.34. The molecule has 2 aromatic rings. The second kappa shape index (κ2) is 7.96. The lowest BCUT2D eigenvalue weighted by atomic mass is 10.0. The molecule has 1 unspecified atom stereocenters. The Morgan fingerprint density at radius 1 is 1.11 bits per heavy atom. The quantitative estimate of drug-likeness (QED) is 0.841. The standard InChI is InChI=1S/C15H19NO.ClH/c1-2-7-15(13-8-4-3-5-9-13)16-12-14-10-6-11-17-14;/h3-6,8-11,15-16H,2,7,12H2,1H3;1H. The van der Waals surface area contributed by atoms with Gasteiger partial charge in [-0.2, -0.15) is 0 Å². The summed E-state index contributed by atoms with van der Waals surface area (Å²) in [6.07, 6.45) is 4.03. The number of halogens is 1. The molecule has 2 nitrogen and oxygen atoms in total. The molecule has 1 aromatic heterocycles. The molecule has 0 bridgehead atoms. The Kier molecular flexibility index (Phi) is 6.55. The van der Waals surface area contributed by atoms with Gasteiger partial charge in [-0.15, -0.1) is 12.4 Å². The van der Waals surface area contributed by atoms with Crippen LogP contribution < -0.4 is 5.32 Å². The van der Waals surface area contributed by atoms with E-state index < -0.39 is 0 Å². The van der Waals surface area contributed by atoms with Gasteiger partial charge in [0.25, 0.3) is 0 Å². The third-order valence-corrected chi connectivity index (χ3v) is 2.88. The monoisotopic (exact) mass is 265 g/mol. The summed E-state index contributed by atoms with van der Waals surface area (Å²) in [5.74, 6) is 0.988. The summed E-state index contributed by atoms with van der Waals surface area (Å²) in [7, 11) is 0. The molecule has 18 heavy (non-hydrogen) atoms. The van der Waals surface area contributed by atoms with E-state index in [9.17, 15) is 0 Å². The minimum atomic E-state index is 0. The van der Waals surface area contributed by atoms with Crippen LogP contribution in [0.1, 0.15) is 37.1 Å². The van der Waals surface area contributed by atoms with Crippen molar-refractivity contribution in [2.45, 2.75) is 32.4 Å². The number of furan rings is 1. The Labute approximate surface area is 115 Å². The molecule has 0 saturated heterocycles. The fourth-order valence-electron chi connectivity index (χ4n) is 2.00. The highest BCUT2D eigenvalue weighted by Crippen LogP contribution is 2.18. The first-order chi connectivity index (χ1) is 8.40. The zero-order chi connectivity index (χ0) is 11.9. The molecular weight excluding hydrogens is 246 g/mol. The van der Waals surface area contributed by atoms with Crippen LogP contribution in [-0.4, -0.2) is 0 Å². The zero-order valence-electron chi connectivity index (χ0n) is 10.6. The molecule has 0 fully saturated rings. The molecular formula is C15H20ClNO. The summed E-state index contributed by atoms with van der Waals surface area (Å²) in [5.41, 5.74) is 1.35. The van der Waals surface area contributed by atoms with Crippen LogP contribution in [0.5, 0.6) is 0 Å². The summed E-state index contributed by atoms with van der Waals surface area (Å²) in [5, 5.41) is 3.55. The number of hydrogen-bond donors (Lipinski definition) is 1. The third-order valence-electron chi connectivity index (χ3n) is 2.88. The van der Waals surface area contributed by atoms with Crippen molar-refractivity contribution in [1.82, 2.24) is 5.32 Å². The van der Waals surface area contributed by atoms with Crippen LogP contribution in [0.3, 0.4) is 0 Å². The smallest absolute Gasteiger partial charge is 0.117 e. The summed E-state index contributed by atoms with van der Waals surface area (Å²) >= 11 is 0. The summed E-state index contributed by atoms with van der Waals surface area (Å²) in [6.45, 7) is 3.00. The highest BCUT2D eigenvalue weighted by atomic mass is 35.5. The molecule has 1 N–H and O–H groups in total. The van der Waals surface area contributed by atoms with Crippen molar-refractivity contribution in [3.63, 3.8) is 0 Å². The largest absolute Gasteiger partial charge is 0.468 e. The van der Waals surface area contributed by atoms with Crippen molar-refractivity contribution < 1.29 is 4.42 Å². The van der Waals surface area contributed by atoms with E-state index in [2.05, 4.69) is 42.6 Å². The molecule has 0 spiro atoms. The Morgan fingerprint density at radius 3 is 2.50 bits per heavy atom. The number of nitrogens with one attached hydrogen (secondary N) is 1. The van der Waals surface area contributed by atoms with Crippen LogP contribution in [0.25, 0.3) is 0 Å². The molecule has 2 rings (SSSR count). The lowest BCUT2D eigenvalue weighted by Gasteiger charge is -2.17. The normalized spacial score (nSPS) is 11.8. The predicted molar refractivity (Wildman–Crippen MR) is 76.9 cm³/mol. The zero-order valence-corrected chi connectivity index (χ0v) is 11.5. The van der Waals surface area contributed by atoms with Gasteiger partial charge in [0, 0.05) is 6.04 Å². The van der Waals surface area contributed by atoms with E-state index in [0.29, 0.717) is 6.04 Å². The van der Waals surface area contributed by atoms with E-state index in [1.165, 1.54) is 12.0 Å². The molecule has 3 heteroatoms. The van der Waals surface area contributed by atoms with Crippen molar-refractivity contribution in [2.24, 2.45) is 0 Å².